The summed E-state index contributed by atoms with van der Waals surface area (Å²) in [5, 5.41) is 16.3. The number of hydrogen-bond acceptors (Lipinski definition) is 5. The minimum atomic E-state index is -0.513. The molecule has 2 aromatic rings. The van der Waals surface area contributed by atoms with E-state index in [1.54, 1.807) is 19.1 Å². The van der Waals surface area contributed by atoms with Gasteiger partial charge in [-0.25, -0.2) is 0 Å². The summed E-state index contributed by atoms with van der Waals surface area (Å²) in [5.74, 6) is -0.0617. The molecule has 9 heteroatoms. The van der Waals surface area contributed by atoms with Gasteiger partial charge in [0, 0.05) is 10.5 Å². The molecule has 0 unspecified atom stereocenters. The van der Waals surface area contributed by atoms with Crippen LogP contribution in [-0.4, -0.2) is 23.1 Å². The average Bonchev–Trinajstić information content (AvgIpc) is 2.55. The Hall–Kier alpha value is -2.52. The van der Waals surface area contributed by atoms with E-state index in [0.717, 1.165) is 11.1 Å². The number of rotatable bonds is 4. The molecule has 0 fully saturated rings. The summed E-state index contributed by atoms with van der Waals surface area (Å²) in [6.45, 7) is 3.56. The molecule has 0 aliphatic heterocycles. The smallest absolute Gasteiger partial charge is 0.292 e. The number of benzene rings is 2. The molecule has 0 atom stereocenters. The summed E-state index contributed by atoms with van der Waals surface area (Å²) in [7, 11) is 1.47. The monoisotopic (exact) mass is 437 g/mol. The summed E-state index contributed by atoms with van der Waals surface area (Å²) in [6.07, 6.45) is 0. The molecule has 0 spiro atoms. The van der Waals surface area contributed by atoms with Crippen molar-refractivity contribution in [2.24, 2.45) is 0 Å². The van der Waals surface area contributed by atoms with Crippen LogP contribution in [0.3, 0.4) is 0 Å². The van der Waals surface area contributed by atoms with Crippen molar-refractivity contribution in [1.29, 1.82) is 0 Å². The second-order valence-corrected chi connectivity index (χ2v) is 6.81. The first-order chi connectivity index (χ1) is 12.2. The number of carbonyl (C=O) groups excluding carboxylic acids is 1. The highest BCUT2D eigenvalue weighted by molar-refractivity contribution is 9.10. The van der Waals surface area contributed by atoms with Crippen molar-refractivity contribution in [2.45, 2.75) is 13.8 Å². The Labute approximate surface area is 164 Å². The number of methoxy groups -OCH3 is 1. The van der Waals surface area contributed by atoms with Gasteiger partial charge in [-0.3, -0.25) is 20.2 Å². The van der Waals surface area contributed by atoms with E-state index >= 15 is 0 Å². The molecule has 136 valence electrons. The standard InChI is InChI=1S/C17H16BrN3O4S/c1-9-4-5-13(14(6-9)21(23)24)19-17(26)20-16(22)12-8-11(18)7-10(2)15(12)25-3/h4-8H,1-3H3,(H2,19,20,22,26). The van der Waals surface area contributed by atoms with Gasteiger partial charge in [0.25, 0.3) is 11.6 Å². The fraction of sp³-hybridized carbons (Fsp3) is 0.176. The number of nitrogens with zero attached hydrogens (tertiary/aromatic N) is 1. The van der Waals surface area contributed by atoms with Crippen LogP contribution in [0, 0.1) is 24.0 Å². The number of nitro benzene ring substituents is 1. The van der Waals surface area contributed by atoms with Crippen molar-refractivity contribution in [3.8, 4) is 5.75 Å². The lowest BCUT2D eigenvalue weighted by molar-refractivity contribution is -0.383. The van der Waals surface area contributed by atoms with Crippen molar-refractivity contribution >= 4 is 50.5 Å². The molecule has 0 aliphatic carbocycles. The molecule has 26 heavy (non-hydrogen) atoms. The second-order valence-electron chi connectivity index (χ2n) is 5.49. The largest absolute Gasteiger partial charge is 0.496 e. The van der Waals surface area contributed by atoms with Crippen LogP contribution in [-0.2, 0) is 0 Å². The molecule has 2 rings (SSSR count). The number of hydrogen-bond donors (Lipinski definition) is 2. The fourth-order valence-corrected chi connectivity index (χ4v) is 3.17. The minimum Gasteiger partial charge on any atom is -0.496 e. The summed E-state index contributed by atoms with van der Waals surface area (Å²) in [5.41, 5.74) is 1.88. The molecule has 0 aromatic heterocycles. The Morgan fingerprint density at radius 1 is 1.27 bits per heavy atom. The predicted molar refractivity (Wildman–Crippen MR) is 107 cm³/mol. The van der Waals surface area contributed by atoms with Crippen molar-refractivity contribution < 1.29 is 14.5 Å². The minimum absolute atomic E-state index is 0.0540. The van der Waals surface area contributed by atoms with Crippen LogP contribution in [0.25, 0.3) is 0 Å². The van der Waals surface area contributed by atoms with E-state index in [1.165, 1.54) is 19.2 Å². The van der Waals surface area contributed by atoms with Crippen LogP contribution in [0.1, 0.15) is 21.5 Å². The zero-order valence-electron chi connectivity index (χ0n) is 14.3. The maximum absolute atomic E-state index is 12.5. The second kappa shape index (κ2) is 8.24. The number of aryl methyl sites for hydroxylation is 2. The van der Waals surface area contributed by atoms with E-state index in [-0.39, 0.29) is 16.5 Å². The number of halogens is 1. The summed E-state index contributed by atoms with van der Waals surface area (Å²) in [4.78, 5) is 23.2. The zero-order chi connectivity index (χ0) is 19.4. The lowest BCUT2D eigenvalue weighted by atomic mass is 10.1. The van der Waals surface area contributed by atoms with Crippen LogP contribution in [0.15, 0.2) is 34.8 Å². The molecule has 0 saturated carbocycles. The highest BCUT2D eigenvalue weighted by atomic mass is 79.9. The molecule has 0 heterocycles. The molecule has 2 aromatic carbocycles. The van der Waals surface area contributed by atoms with Gasteiger partial charge in [-0.2, -0.15) is 0 Å². The van der Waals surface area contributed by atoms with E-state index in [9.17, 15) is 14.9 Å². The summed E-state index contributed by atoms with van der Waals surface area (Å²) < 4.78 is 6.00. The Morgan fingerprint density at radius 2 is 1.96 bits per heavy atom. The lowest BCUT2D eigenvalue weighted by Gasteiger charge is -2.14. The number of amides is 1. The number of carbonyl (C=O) groups is 1. The van der Waals surface area contributed by atoms with Crippen LogP contribution in [0.5, 0.6) is 5.75 Å². The Balaban J connectivity index is 2.22. The Morgan fingerprint density at radius 3 is 2.58 bits per heavy atom. The molecule has 0 radical (unpaired) electrons. The normalized spacial score (nSPS) is 10.2. The van der Waals surface area contributed by atoms with E-state index in [1.807, 2.05) is 13.0 Å². The van der Waals surface area contributed by atoms with Crippen molar-refractivity contribution in [3.63, 3.8) is 0 Å². The van der Waals surface area contributed by atoms with Crippen LogP contribution in [0.4, 0.5) is 11.4 Å². The zero-order valence-corrected chi connectivity index (χ0v) is 16.7. The maximum Gasteiger partial charge on any atom is 0.292 e. The van der Waals surface area contributed by atoms with Crippen LogP contribution >= 0.6 is 28.1 Å². The van der Waals surface area contributed by atoms with Gasteiger partial charge in [0.1, 0.15) is 11.4 Å². The Kier molecular flexibility index (Phi) is 6.27. The van der Waals surface area contributed by atoms with Crippen LogP contribution < -0.4 is 15.4 Å². The third kappa shape index (κ3) is 4.55. The summed E-state index contributed by atoms with van der Waals surface area (Å²) in [6, 6.07) is 8.10. The topological polar surface area (TPSA) is 93.5 Å². The van der Waals surface area contributed by atoms with Gasteiger partial charge in [-0.1, -0.05) is 22.0 Å². The van der Waals surface area contributed by atoms with E-state index in [4.69, 9.17) is 17.0 Å². The highest BCUT2D eigenvalue weighted by Gasteiger charge is 2.19. The number of thiocarbonyl (C=S) groups is 1. The van der Waals surface area contributed by atoms with E-state index < -0.39 is 10.8 Å². The number of ether oxygens (including phenoxy) is 1. The third-order valence-corrected chi connectivity index (χ3v) is 4.18. The first-order valence-electron chi connectivity index (χ1n) is 7.44. The first kappa shape index (κ1) is 19.8. The maximum atomic E-state index is 12.5. The van der Waals surface area contributed by atoms with E-state index in [2.05, 4.69) is 26.6 Å². The molecule has 0 aliphatic rings. The third-order valence-electron chi connectivity index (χ3n) is 3.51. The molecule has 1 amide bonds. The summed E-state index contributed by atoms with van der Waals surface area (Å²) >= 11 is 8.46. The van der Waals surface area contributed by atoms with Gasteiger partial charge >= 0.3 is 0 Å². The number of nitro groups is 1. The SMILES string of the molecule is COc1c(C)cc(Br)cc1C(=O)NC(=S)Nc1ccc(C)cc1[N+](=O)[O-]. The Bertz CT molecular complexity index is 902. The fourth-order valence-electron chi connectivity index (χ4n) is 2.39. The molecule has 2 N–H and O–H groups in total. The lowest BCUT2D eigenvalue weighted by Crippen LogP contribution is -2.34. The first-order valence-corrected chi connectivity index (χ1v) is 8.64. The van der Waals surface area contributed by atoms with Gasteiger partial charge < -0.3 is 10.1 Å². The quantitative estimate of drug-likeness (QED) is 0.424. The highest BCUT2D eigenvalue weighted by Crippen LogP contribution is 2.28. The van der Waals surface area contributed by atoms with Gasteiger partial charge in [0.15, 0.2) is 5.11 Å². The molecule has 0 bridgehead atoms. The molecule has 0 saturated heterocycles. The predicted octanol–water partition coefficient (Wildman–Crippen LogP) is 4.11. The number of nitrogens with one attached hydrogen (secondary N) is 2. The van der Waals surface area contributed by atoms with Crippen molar-refractivity contribution in [2.75, 3.05) is 12.4 Å². The van der Waals surface area contributed by atoms with Gasteiger partial charge in [0.2, 0.25) is 0 Å². The molecular weight excluding hydrogens is 422 g/mol. The number of anilines is 1. The molecule has 7 nitrogen and oxygen atoms in total. The van der Waals surface area contributed by atoms with E-state index in [0.29, 0.717) is 15.8 Å². The van der Waals surface area contributed by atoms with Gasteiger partial charge in [-0.15, -0.1) is 0 Å². The molecular formula is C17H16BrN3O4S. The van der Waals surface area contributed by atoms with Gasteiger partial charge in [0.05, 0.1) is 17.6 Å². The van der Waals surface area contributed by atoms with Crippen molar-refractivity contribution in [3.05, 3.63) is 61.6 Å². The van der Waals surface area contributed by atoms with Gasteiger partial charge in [-0.05, 0) is 55.4 Å². The average molecular weight is 438 g/mol. The van der Waals surface area contributed by atoms with Crippen molar-refractivity contribution in [1.82, 2.24) is 5.32 Å². The van der Waals surface area contributed by atoms with Crippen LogP contribution in [0.2, 0.25) is 0 Å².